The van der Waals surface area contributed by atoms with Crippen molar-refractivity contribution in [2.45, 2.75) is 12.5 Å². The van der Waals surface area contributed by atoms with Gasteiger partial charge < -0.3 is 11.1 Å². The zero-order valence-corrected chi connectivity index (χ0v) is 12.7. The molecule has 0 heterocycles. The number of nitrogens with one attached hydrogen (secondary N) is 1. The van der Waals surface area contributed by atoms with Gasteiger partial charge >= 0.3 is 0 Å². The number of amides is 2. The van der Waals surface area contributed by atoms with Gasteiger partial charge in [0.05, 0.1) is 0 Å². The maximum atomic E-state index is 13.2. The topological polar surface area (TPSA) is 72.2 Å². The number of benzene rings is 2. The number of carbonyl (C=O) groups is 2. The molecule has 0 radical (unpaired) electrons. The Morgan fingerprint density at radius 2 is 1.79 bits per heavy atom. The fourth-order valence-corrected chi connectivity index (χ4v) is 2.03. The Morgan fingerprint density at radius 3 is 2.42 bits per heavy atom. The number of nitrogens with two attached hydrogens (primary N) is 1. The smallest absolute Gasteiger partial charge is 0.252 e. The first-order valence-corrected chi connectivity index (χ1v) is 7.24. The Bertz CT molecular complexity index is 761. The monoisotopic (exact) mass is 330 g/mol. The highest BCUT2D eigenvalue weighted by molar-refractivity contribution is 5.97. The summed E-state index contributed by atoms with van der Waals surface area (Å²) in [4.78, 5) is 23.5. The van der Waals surface area contributed by atoms with Crippen LogP contribution >= 0.6 is 0 Å². The fraction of sp³-hybridized carbons (Fsp3) is 0.111. The quantitative estimate of drug-likeness (QED) is 0.855. The summed E-state index contributed by atoms with van der Waals surface area (Å²) in [6, 6.07) is 11.2. The third-order valence-corrected chi connectivity index (χ3v) is 3.31. The third kappa shape index (κ3) is 4.74. The van der Waals surface area contributed by atoms with Gasteiger partial charge in [-0.15, -0.1) is 0 Å². The molecule has 0 fully saturated rings. The molecule has 1 atom stereocenters. The van der Waals surface area contributed by atoms with Gasteiger partial charge in [0, 0.05) is 5.56 Å². The van der Waals surface area contributed by atoms with Crippen LogP contribution in [0.15, 0.2) is 54.6 Å². The highest BCUT2D eigenvalue weighted by Gasteiger charge is 2.18. The van der Waals surface area contributed by atoms with Gasteiger partial charge in [-0.1, -0.05) is 42.5 Å². The lowest BCUT2D eigenvalue weighted by Crippen LogP contribution is -2.44. The minimum Gasteiger partial charge on any atom is -0.368 e. The normalized spacial score (nSPS) is 12.1. The first-order valence-electron chi connectivity index (χ1n) is 7.24. The second-order valence-electron chi connectivity index (χ2n) is 5.11. The van der Waals surface area contributed by atoms with E-state index in [1.807, 2.05) is 30.3 Å². The summed E-state index contributed by atoms with van der Waals surface area (Å²) in [5.74, 6) is -3.61. The van der Waals surface area contributed by atoms with Gasteiger partial charge in [0.2, 0.25) is 5.91 Å². The van der Waals surface area contributed by atoms with Crippen molar-refractivity contribution in [3.8, 4) is 0 Å². The first-order chi connectivity index (χ1) is 11.5. The van der Waals surface area contributed by atoms with Crippen LogP contribution in [0.5, 0.6) is 0 Å². The van der Waals surface area contributed by atoms with Crippen LogP contribution in [0, 0.1) is 11.6 Å². The Hall–Kier alpha value is -3.02. The summed E-state index contributed by atoms with van der Waals surface area (Å²) >= 11 is 0. The summed E-state index contributed by atoms with van der Waals surface area (Å²) in [7, 11) is 0. The molecule has 0 unspecified atom stereocenters. The molecule has 0 bridgehead atoms. The minimum absolute atomic E-state index is 0.0906. The van der Waals surface area contributed by atoms with E-state index in [0.29, 0.717) is 0 Å². The van der Waals surface area contributed by atoms with Crippen molar-refractivity contribution in [1.29, 1.82) is 0 Å². The van der Waals surface area contributed by atoms with Crippen molar-refractivity contribution in [2.24, 2.45) is 5.73 Å². The molecule has 6 heteroatoms. The lowest BCUT2D eigenvalue weighted by atomic mass is 10.1. The largest absolute Gasteiger partial charge is 0.368 e. The van der Waals surface area contributed by atoms with E-state index in [4.69, 9.17) is 5.73 Å². The molecule has 0 saturated heterocycles. The summed E-state index contributed by atoms with van der Waals surface area (Å²) in [5, 5.41) is 2.41. The molecule has 2 aromatic rings. The zero-order valence-electron chi connectivity index (χ0n) is 12.7. The molecular weight excluding hydrogens is 314 g/mol. The van der Waals surface area contributed by atoms with Crippen molar-refractivity contribution in [3.05, 3.63) is 77.4 Å². The van der Waals surface area contributed by atoms with E-state index >= 15 is 0 Å². The minimum atomic E-state index is -1.14. The predicted molar refractivity (Wildman–Crippen MR) is 86.9 cm³/mol. The van der Waals surface area contributed by atoms with E-state index in [0.717, 1.165) is 23.8 Å². The fourth-order valence-electron chi connectivity index (χ4n) is 2.03. The molecule has 2 rings (SSSR count). The standard InChI is InChI=1S/C18H16F2N2O2/c19-14-10-9-13(11-15(14)20)18(24)22-16(17(21)23)8-4-7-12-5-2-1-3-6-12/h1-7,9-11,16H,8H2,(H2,21,23)(H,22,24)/b7-4+/t16-/m1/s1. The molecule has 0 aliphatic heterocycles. The van der Waals surface area contributed by atoms with Gasteiger partial charge in [-0.25, -0.2) is 8.78 Å². The molecule has 0 saturated carbocycles. The molecule has 2 amide bonds. The number of hydrogen-bond acceptors (Lipinski definition) is 2. The van der Waals surface area contributed by atoms with E-state index in [1.54, 1.807) is 12.2 Å². The summed E-state index contributed by atoms with van der Waals surface area (Å²) in [5.41, 5.74) is 6.12. The Balaban J connectivity index is 2.02. The summed E-state index contributed by atoms with van der Waals surface area (Å²) < 4.78 is 26.1. The molecule has 0 aliphatic rings. The average Bonchev–Trinajstić information content (AvgIpc) is 2.57. The average molecular weight is 330 g/mol. The molecular formula is C18H16F2N2O2. The van der Waals surface area contributed by atoms with Crippen LogP contribution in [0.4, 0.5) is 8.78 Å². The van der Waals surface area contributed by atoms with E-state index in [1.165, 1.54) is 0 Å². The first kappa shape index (κ1) is 17.3. The summed E-state index contributed by atoms with van der Waals surface area (Å²) in [6.45, 7) is 0. The molecule has 4 nitrogen and oxygen atoms in total. The number of carbonyl (C=O) groups excluding carboxylic acids is 2. The SMILES string of the molecule is NC(=O)[C@@H](C/C=C/c1ccccc1)NC(=O)c1ccc(F)c(F)c1. The number of hydrogen-bond donors (Lipinski definition) is 2. The Labute approximate surface area is 138 Å². The number of primary amides is 1. The van der Waals surface area contributed by atoms with Crippen LogP contribution in [0.2, 0.25) is 0 Å². The van der Waals surface area contributed by atoms with Gasteiger partial charge in [-0.2, -0.15) is 0 Å². The maximum absolute atomic E-state index is 13.2. The molecule has 0 aliphatic carbocycles. The lowest BCUT2D eigenvalue weighted by molar-refractivity contribution is -0.119. The van der Waals surface area contributed by atoms with Crippen molar-refractivity contribution < 1.29 is 18.4 Å². The van der Waals surface area contributed by atoms with Crippen molar-refractivity contribution in [1.82, 2.24) is 5.32 Å². The van der Waals surface area contributed by atoms with E-state index in [9.17, 15) is 18.4 Å². The second kappa shape index (κ2) is 8.01. The molecule has 124 valence electrons. The molecule has 0 aromatic heterocycles. The van der Waals surface area contributed by atoms with Gasteiger partial charge in [0.1, 0.15) is 6.04 Å². The predicted octanol–water partition coefficient (Wildman–Crippen LogP) is 2.65. The van der Waals surface area contributed by atoms with E-state index < -0.39 is 29.5 Å². The summed E-state index contributed by atoms with van der Waals surface area (Å²) in [6.07, 6.45) is 3.68. The van der Waals surface area contributed by atoms with Crippen LogP contribution in [-0.4, -0.2) is 17.9 Å². The van der Waals surface area contributed by atoms with E-state index in [2.05, 4.69) is 5.32 Å². The lowest BCUT2D eigenvalue weighted by Gasteiger charge is -2.13. The van der Waals surface area contributed by atoms with Crippen molar-refractivity contribution >= 4 is 17.9 Å². The van der Waals surface area contributed by atoms with Gasteiger partial charge in [-0.05, 0) is 30.2 Å². The third-order valence-electron chi connectivity index (χ3n) is 3.31. The van der Waals surface area contributed by atoms with Crippen LogP contribution in [-0.2, 0) is 4.79 Å². The van der Waals surface area contributed by atoms with Crippen LogP contribution < -0.4 is 11.1 Å². The molecule has 0 spiro atoms. The zero-order chi connectivity index (χ0) is 17.5. The van der Waals surface area contributed by atoms with Crippen molar-refractivity contribution in [2.75, 3.05) is 0 Å². The van der Waals surface area contributed by atoms with Crippen molar-refractivity contribution in [3.63, 3.8) is 0 Å². The van der Waals surface area contributed by atoms with Crippen LogP contribution in [0.1, 0.15) is 22.3 Å². The van der Waals surface area contributed by atoms with Gasteiger partial charge in [-0.3, -0.25) is 9.59 Å². The molecule has 2 aromatic carbocycles. The van der Waals surface area contributed by atoms with Crippen LogP contribution in [0.3, 0.4) is 0 Å². The number of rotatable bonds is 6. The maximum Gasteiger partial charge on any atom is 0.252 e. The molecule has 3 N–H and O–H groups in total. The van der Waals surface area contributed by atoms with E-state index in [-0.39, 0.29) is 12.0 Å². The number of halogens is 2. The van der Waals surface area contributed by atoms with Crippen LogP contribution in [0.25, 0.3) is 6.08 Å². The molecule has 24 heavy (non-hydrogen) atoms. The van der Waals surface area contributed by atoms with Gasteiger partial charge in [0.25, 0.3) is 5.91 Å². The second-order valence-corrected chi connectivity index (χ2v) is 5.11. The Morgan fingerprint density at radius 1 is 1.08 bits per heavy atom. The highest BCUT2D eigenvalue weighted by Crippen LogP contribution is 2.09. The van der Waals surface area contributed by atoms with Gasteiger partial charge in [0.15, 0.2) is 11.6 Å². The highest BCUT2D eigenvalue weighted by atomic mass is 19.2. The Kier molecular flexibility index (Phi) is 5.78.